The maximum absolute atomic E-state index is 13.5. The zero-order valence-corrected chi connectivity index (χ0v) is 22.5. The summed E-state index contributed by atoms with van der Waals surface area (Å²) in [5, 5.41) is 3.69. The van der Waals surface area contributed by atoms with Gasteiger partial charge in [0.25, 0.3) is 5.91 Å². The number of hydrogen-bond donors (Lipinski definition) is 1. The largest absolute Gasteiger partial charge is 0.366 e. The van der Waals surface area contributed by atoms with Crippen molar-refractivity contribution in [3.05, 3.63) is 114 Å². The molecule has 3 heterocycles. The summed E-state index contributed by atoms with van der Waals surface area (Å²) < 4.78 is 0. The third-order valence-electron chi connectivity index (χ3n) is 5.63. The van der Waals surface area contributed by atoms with Crippen LogP contribution in [0, 0.1) is 0 Å². The lowest BCUT2D eigenvalue weighted by atomic mass is 9.95. The summed E-state index contributed by atoms with van der Waals surface area (Å²) in [5.74, 6) is 0.855. The van der Waals surface area contributed by atoms with E-state index in [2.05, 4.69) is 26.9 Å². The minimum atomic E-state index is -0.159. The fourth-order valence-electron chi connectivity index (χ4n) is 3.82. The monoisotopic (exact) mass is 513 g/mol. The predicted octanol–water partition coefficient (Wildman–Crippen LogP) is 6.67. The number of pyridine rings is 2. The van der Waals surface area contributed by atoms with Gasteiger partial charge in [-0.05, 0) is 49.2 Å². The summed E-state index contributed by atoms with van der Waals surface area (Å²) in [6, 6.07) is 13.4. The van der Waals surface area contributed by atoms with Crippen LogP contribution in [0.5, 0.6) is 0 Å². The quantitative estimate of drug-likeness (QED) is 0.383. The summed E-state index contributed by atoms with van der Waals surface area (Å²) in [5.41, 5.74) is 4.93. The molecule has 37 heavy (non-hydrogen) atoms. The molecule has 1 amide bonds. The minimum absolute atomic E-state index is 0.159. The lowest BCUT2D eigenvalue weighted by Gasteiger charge is -2.30. The molecule has 6 nitrogen and oxygen atoms in total. The van der Waals surface area contributed by atoms with Gasteiger partial charge in [-0.2, -0.15) is 0 Å². The molecule has 0 aliphatic carbocycles. The van der Waals surface area contributed by atoms with Crippen molar-refractivity contribution in [1.82, 2.24) is 20.2 Å². The number of amides is 1. The topological polar surface area (TPSA) is 70.5 Å². The molecule has 1 N–H and O–H groups in total. The first-order chi connectivity index (χ1) is 18.0. The molecule has 0 saturated heterocycles. The van der Waals surface area contributed by atoms with E-state index in [0.717, 1.165) is 22.3 Å². The van der Waals surface area contributed by atoms with Gasteiger partial charge in [0.05, 0.1) is 0 Å². The Morgan fingerprint density at radius 1 is 1.11 bits per heavy atom. The normalized spacial score (nSPS) is 15.2. The van der Waals surface area contributed by atoms with E-state index in [4.69, 9.17) is 11.6 Å². The van der Waals surface area contributed by atoms with Crippen molar-refractivity contribution < 1.29 is 4.79 Å². The van der Waals surface area contributed by atoms with E-state index in [1.54, 1.807) is 29.7 Å². The summed E-state index contributed by atoms with van der Waals surface area (Å²) in [4.78, 5) is 28.1. The standard InChI is InChI=1S/C28H26ClN5O.C2H6/c1-4-21-14-25(24-11-10-22(15-26(24)29)23-9-7-13-31-18-23)28(35)34(5-2)27(21)33-19(3)32-17-20-8-6-12-30-16-20;1-2/h4,6-16,18,32H,3,5,17H2,1-2H3;1-2H3/b21-4-,33-27+;. The van der Waals surface area contributed by atoms with Gasteiger partial charge in [0.2, 0.25) is 0 Å². The molecule has 0 unspecified atom stereocenters. The molecule has 3 aromatic rings. The highest BCUT2D eigenvalue weighted by atomic mass is 35.5. The van der Waals surface area contributed by atoms with Crippen molar-refractivity contribution in [2.75, 3.05) is 6.54 Å². The van der Waals surface area contributed by atoms with Gasteiger partial charge in [-0.1, -0.05) is 62.4 Å². The summed E-state index contributed by atoms with van der Waals surface area (Å²) in [7, 11) is 0. The fourth-order valence-corrected chi connectivity index (χ4v) is 4.11. The van der Waals surface area contributed by atoms with Gasteiger partial charge in [0.15, 0.2) is 0 Å². The maximum atomic E-state index is 13.5. The van der Waals surface area contributed by atoms with Crippen molar-refractivity contribution in [3.8, 4) is 11.1 Å². The molecule has 2 aromatic heterocycles. The second-order valence-corrected chi connectivity index (χ2v) is 8.29. The molecular formula is C30H32ClN5O. The Morgan fingerprint density at radius 2 is 1.84 bits per heavy atom. The van der Waals surface area contributed by atoms with Gasteiger partial charge < -0.3 is 5.32 Å². The number of hydrogen-bond acceptors (Lipinski definition) is 5. The molecule has 1 aliphatic rings. The number of rotatable bonds is 7. The predicted molar refractivity (Wildman–Crippen MR) is 153 cm³/mol. The van der Waals surface area contributed by atoms with Gasteiger partial charge in [-0.25, -0.2) is 4.99 Å². The lowest BCUT2D eigenvalue weighted by Crippen LogP contribution is -2.41. The van der Waals surface area contributed by atoms with Crippen molar-refractivity contribution in [3.63, 3.8) is 0 Å². The van der Waals surface area contributed by atoms with E-state index < -0.39 is 0 Å². The van der Waals surface area contributed by atoms with Crippen LogP contribution in [0.3, 0.4) is 0 Å². The van der Waals surface area contributed by atoms with Crippen LogP contribution in [0.4, 0.5) is 0 Å². The van der Waals surface area contributed by atoms with E-state index in [1.165, 1.54) is 0 Å². The number of benzene rings is 1. The first-order valence-corrected chi connectivity index (χ1v) is 12.7. The number of allylic oxidation sites excluding steroid dienone is 1. The van der Waals surface area contributed by atoms with E-state index in [9.17, 15) is 4.79 Å². The van der Waals surface area contributed by atoms with E-state index in [0.29, 0.717) is 40.9 Å². The lowest BCUT2D eigenvalue weighted by molar-refractivity contribution is -0.121. The molecule has 1 aromatic carbocycles. The van der Waals surface area contributed by atoms with Crippen LogP contribution < -0.4 is 5.32 Å². The highest BCUT2D eigenvalue weighted by Crippen LogP contribution is 2.33. The Bertz CT molecular complexity index is 1330. The van der Waals surface area contributed by atoms with E-state index in [1.807, 2.05) is 82.3 Å². The van der Waals surface area contributed by atoms with Gasteiger partial charge in [-0.3, -0.25) is 19.7 Å². The number of aliphatic imine (C=N–C) groups is 1. The number of likely N-dealkylation sites (N-methyl/N-ethyl adjacent to an activating group) is 1. The Balaban J connectivity index is 0.00000186. The van der Waals surface area contributed by atoms with Crippen LogP contribution in [0.2, 0.25) is 5.02 Å². The Labute approximate surface area is 224 Å². The van der Waals surface area contributed by atoms with Gasteiger partial charge in [0, 0.05) is 65.2 Å². The highest BCUT2D eigenvalue weighted by Gasteiger charge is 2.30. The van der Waals surface area contributed by atoms with Gasteiger partial charge in [0.1, 0.15) is 11.7 Å². The average Bonchev–Trinajstić information content (AvgIpc) is 2.94. The third kappa shape index (κ3) is 6.60. The molecule has 1 aliphatic heterocycles. The van der Waals surface area contributed by atoms with E-state index >= 15 is 0 Å². The van der Waals surface area contributed by atoms with Crippen LogP contribution in [-0.2, 0) is 11.3 Å². The molecular weight excluding hydrogens is 482 g/mol. The number of carbonyl (C=O) groups excluding carboxylic acids is 1. The zero-order valence-electron chi connectivity index (χ0n) is 21.7. The number of nitrogens with zero attached hydrogens (tertiary/aromatic N) is 4. The second-order valence-electron chi connectivity index (χ2n) is 7.88. The van der Waals surface area contributed by atoms with Crippen LogP contribution in [-0.4, -0.2) is 33.2 Å². The van der Waals surface area contributed by atoms with Crippen molar-refractivity contribution in [1.29, 1.82) is 0 Å². The fraction of sp³-hybridized carbons (Fsp3) is 0.200. The SMILES string of the molecule is C=C(/N=C1\C(=C/C)C=C(c2ccc(-c3cccnc3)cc2Cl)C(=O)N1CC)NCc1cccnc1.CC. The van der Waals surface area contributed by atoms with Crippen molar-refractivity contribution >= 4 is 28.9 Å². The summed E-state index contributed by atoms with van der Waals surface area (Å²) in [6.07, 6.45) is 10.8. The molecule has 0 radical (unpaired) electrons. The number of halogens is 1. The minimum Gasteiger partial charge on any atom is -0.366 e. The van der Waals surface area contributed by atoms with Crippen LogP contribution in [0.25, 0.3) is 16.7 Å². The number of amidine groups is 1. The molecule has 0 spiro atoms. The highest BCUT2D eigenvalue weighted by molar-refractivity contribution is 6.37. The molecule has 190 valence electrons. The van der Waals surface area contributed by atoms with Crippen molar-refractivity contribution in [2.45, 2.75) is 34.2 Å². The smallest absolute Gasteiger partial charge is 0.260 e. The van der Waals surface area contributed by atoms with Gasteiger partial charge >= 0.3 is 0 Å². The summed E-state index contributed by atoms with van der Waals surface area (Å²) >= 11 is 6.67. The maximum Gasteiger partial charge on any atom is 0.260 e. The Hall–Kier alpha value is -4.03. The molecule has 0 atom stereocenters. The van der Waals surface area contributed by atoms with Gasteiger partial charge in [-0.15, -0.1) is 0 Å². The molecule has 0 fully saturated rings. The van der Waals surface area contributed by atoms with E-state index in [-0.39, 0.29) is 5.91 Å². The molecule has 4 rings (SSSR count). The number of aromatic nitrogens is 2. The number of carbonyl (C=O) groups is 1. The van der Waals surface area contributed by atoms with Crippen molar-refractivity contribution in [2.24, 2.45) is 4.99 Å². The average molecular weight is 514 g/mol. The van der Waals surface area contributed by atoms with Crippen LogP contribution in [0.15, 0.2) is 102 Å². The zero-order chi connectivity index (χ0) is 26.8. The molecule has 7 heteroatoms. The first-order valence-electron chi connectivity index (χ1n) is 12.3. The first kappa shape index (κ1) is 27.6. The Morgan fingerprint density at radius 3 is 2.43 bits per heavy atom. The van der Waals surface area contributed by atoms with Crippen LogP contribution in [0.1, 0.15) is 38.8 Å². The van der Waals surface area contributed by atoms with Crippen LogP contribution >= 0.6 is 11.6 Å². The Kier molecular flexibility index (Phi) is 9.92. The third-order valence-corrected chi connectivity index (χ3v) is 5.94. The second kappa shape index (κ2) is 13.3. The molecule has 0 bridgehead atoms. The number of nitrogens with one attached hydrogen (secondary N) is 1. The summed E-state index contributed by atoms with van der Waals surface area (Å²) in [6.45, 7) is 12.9. The molecule has 0 saturated carbocycles.